The zero-order chi connectivity index (χ0) is 11.4. The highest BCUT2D eigenvalue weighted by Gasteiger charge is 2.24. The topological polar surface area (TPSA) is 29.9 Å². The van der Waals surface area contributed by atoms with Gasteiger partial charge in [0.05, 0.1) is 6.33 Å². The molecule has 3 atom stereocenters. The van der Waals surface area contributed by atoms with E-state index in [0.29, 0.717) is 0 Å². The first-order chi connectivity index (χ1) is 7.75. The lowest BCUT2D eigenvalue weighted by atomic mass is 9.80. The van der Waals surface area contributed by atoms with Gasteiger partial charge in [-0.3, -0.25) is 0 Å². The van der Waals surface area contributed by atoms with Gasteiger partial charge in [-0.25, -0.2) is 4.98 Å². The molecule has 1 aliphatic carbocycles. The Kier molecular flexibility index (Phi) is 3.99. The fourth-order valence-corrected chi connectivity index (χ4v) is 2.77. The van der Waals surface area contributed by atoms with Gasteiger partial charge in [-0.1, -0.05) is 13.8 Å². The third-order valence-corrected chi connectivity index (χ3v) is 3.77. The lowest BCUT2D eigenvalue weighted by Gasteiger charge is -2.33. The number of nitrogens with zero attached hydrogens (tertiary/aromatic N) is 2. The van der Waals surface area contributed by atoms with E-state index < -0.39 is 0 Å². The summed E-state index contributed by atoms with van der Waals surface area (Å²) in [7, 11) is 0. The van der Waals surface area contributed by atoms with Gasteiger partial charge in [0.15, 0.2) is 0 Å². The van der Waals surface area contributed by atoms with Gasteiger partial charge in [-0.15, -0.1) is 0 Å². The summed E-state index contributed by atoms with van der Waals surface area (Å²) in [6.07, 6.45) is 9.84. The van der Waals surface area contributed by atoms with Crippen LogP contribution in [-0.2, 0) is 6.54 Å². The third-order valence-electron chi connectivity index (χ3n) is 3.77. The molecule has 90 valence electrons. The minimum absolute atomic E-state index is 0.722. The van der Waals surface area contributed by atoms with E-state index in [0.717, 1.165) is 31.0 Å². The first kappa shape index (κ1) is 11.6. The Labute approximate surface area is 98.3 Å². The van der Waals surface area contributed by atoms with Crippen LogP contribution in [0.1, 0.15) is 33.1 Å². The van der Waals surface area contributed by atoms with E-state index >= 15 is 0 Å². The summed E-state index contributed by atoms with van der Waals surface area (Å²) in [4.78, 5) is 4.05. The van der Waals surface area contributed by atoms with Crippen LogP contribution in [0.15, 0.2) is 18.7 Å². The number of hydrogen-bond acceptors (Lipinski definition) is 2. The normalized spacial score (nSPS) is 30.5. The number of aromatic nitrogens is 2. The quantitative estimate of drug-likeness (QED) is 0.845. The minimum atomic E-state index is 0.722. The highest BCUT2D eigenvalue weighted by molar-refractivity contribution is 4.81. The zero-order valence-electron chi connectivity index (χ0n) is 10.4. The summed E-state index contributed by atoms with van der Waals surface area (Å²) < 4.78 is 2.13. The molecule has 1 aromatic heterocycles. The van der Waals surface area contributed by atoms with Gasteiger partial charge in [0.2, 0.25) is 0 Å². The van der Waals surface area contributed by atoms with Crippen LogP contribution >= 0.6 is 0 Å². The van der Waals surface area contributed by atoms with Crippen molar-refractivity contribution in [3.63, 3.8) is 0 Å². The summed E-state index contributed by atoms with van der Waals surface area (Å²) >= 11 is 0. The van der Waals surface area contributed by atoms with Crippen LogP contribution in [0, 0.1) is 11.8 Å². The lowest BCUT2D eigenvalue weighted by molar-refractivity contribution is 0.227. The molecular formula is C13H23N3. The second kappa shape index (κ2) is 5.48. The lowest BCUT2D eigenvalue weighted by Crippen LogP contribution is -2.40. The zero-order valence-corrected chi connectivity index (χ0v) is 10.4. The van der Waals surface area contributed by atoms with Gasteiger partial charge >= 0.3 is 0 Å². The van der Waals surface area contributed by atoms with Crippen molar-refractivity contribution in [1.29, 1.82) is 0 Å². The summed E-state index contributed by atoms with van der Waals surface area (Å²) in [5.74, 6) is 1.74. The molecule has 0 radical (unpaired) electrons. The molecule has 0 amide bonds. The number of nitrogens with one attached hydrogen (secondary N) is 1. The molecule has 1 aliphatic rings. The average molecular weight is 221 g/mol. The minimum Gasteiger partial charge on any atom is -0.336 e. The number of imidazole rings is 1. The fraction of sp³-hybridized carbons (Fsp3) is 0.769. The van der Waals surface area contributed by atoms with Crippen LogP contribution in [0.4, 0.5) is 0 Å². The van der Waals surface area contributed by atoms with E-state index in [1.54, 1.807) is 0 Å². The summed E-state index contributed by atoms with van der Waals surface area (Å²) in [5.41, 5.74) is 0. The Morgan fingerprint density at radius 3 is 2.94 bits per heavy atom. The molecule has 16 heavy (non-hydrogen) atoms. The predicted octanol–water partition coefficient (Wildman–Crippen LogP) is 2.30. The maximum atomic E-state index is 4.05. The Bertz CT molecular complexity index is 294. The van der Waals surface area contributed by atoms with E-state index in [2.05, 4.69) is 28.7 Å². The van der Waals surface area contributed by atoms with Gasteiger partial charge < -0.3 is 9.88 Å². The Hall–Kier alpha value is -0.830. The van der Waals surface area contributed by atoms with Crippen molar-refractivity contribution in [1.82, 2.24) is 14.9 Å². The van der Waals surface area contributed by atoms with Crippen molar-refractivity contribution in [3.8, 4) is 0 Å². The maximum absolute atomic E-state index is 4.05. The molecule has 1 saturated carbocycles. The van der Waals surface area contributed by atoms with E-state index in [4.69, 9.17) is 0 Å². The molecule has 0 aliphatic heterocycles. The van der Waals surface area contributed by atoms with Gasteiger partial charge in [0.1, 0.15) is 0 Å². The summed E-state index contributed by atoms with van der Waals surface area (Å²) in [6.45, 7) is 6.83. The fourth-order valence-electron chi connectivity index (χ4n) is 2.77. The smallest absolute Gasteiger partial charge is 0.0946 e. The van der Waals surface area contributed by atoms with E-state index in [1.165, 1.54) is 19.3 Å². The molecular weight excluding hydrogens is 198 g/mol. The summed E-state index contributed by atoms with van der Waals surface area (Å²) in [5, 5.41) is 3.68. The van der Waals surface area contributed by atoms with Crippen molar-refractivity contribution in [2.45, 2.75) is 45.7 Å². The first-order valence-electron chi connectivity index (χ1n) is 6.45. The maximum Gasteiger partial charge on any atom is 0.0946 e. The molecule has 0 bridgehead atoms. The van der Waals surface area contributed by atoms with Crippen molar-refractivity contribution >= 4 is 0 Å². The molecule has 3 heteroatoms. The second-order valence-electron chi connectivity index (χ2n) is 5.26. The third kappa shape index (κ3) is 3.08. The molecule has 1 N–H and O–H groups in total. The largest absolute Gasteiger partial charge is 0.336 e. The molecule has 3 unspecified atom stereocenters. The molecule has 0 spiro atoms. The van der Waals surface area contributed by atoms with Crippen LogP contribution in [0.3, 0.4) is 0 Å². The van der Waals surface area contributed by atoms with E-state index in [-0.39, 0.29) is 0 Å². The molecule has 1 aromatic rings. The van der Waals surface area contributed by atoms with Gasteiger partial charge in [0, 0.05) is 31.5 Å². The average Bonchev–Trinajstić information content (AvgIpc) is 2.74. The second-order valence-corrected chi connectivity index (χ2v) is 5.26. The molecule has 3 nitrogen and oxygen atoms in total. The number of rotatable bonds is 4. The van der Waals surface area contributed by atoms with Crippen LogP contribution in [-0.4, -0.2) is 22.1 Å². The van der Waals surface area contributed by atoms with Crippen molar-refractivity contribution in [2.75, 3.05) is 6.54 Å². The molecule has 1 fully saturated rings. The van der Waals surface area contributed by atoms with Gasteiger partial charge in [-0.2, -0.15) is 0 Å². The molecule has 0 saturated heterocycles. The Morgan fingerprint density at radius 2 is 2.25 bits per heavy atom. The van der Waals surface area contributed by atoms with Crippen LogP contribution in [0.5, 0.6) is 0 Å². The van der Waals surface area contributed by atoms with Crippen molar-refractivity contribution < 1.29 is 0 Å². The molecule has 0 aromatic carbocycles. The predicted molar refractivity (Wildman–Crippen MR) is 66.2 cm³/mol. The van der Waals surface area contributed by atoms with Crippen LogP contribution in [0.2, 0.25) is 0 Å². The Balaban J connectivity index is 1.69. The summed E-state index contributed by atoms with van der Waals surface area (Å²) in [6, 6.07) is 0.722. The SMILES string of the molecule is CC1CCC(NCCn2ccnc2)C(C)C1. The molecule has 1 heterocycles. The van der Waals surface area contributed by atoms with Gasteiger partial charge in [0.25, 0.3) is 0 Å². The monoisotopic (exact) mass is 221 g/mol. The number of hydrogen-bond donors (Lipinski definition) is 1. The van der Waals surface area contributed by atoms with E-state index in [9.17, 15) is 0 Å². The van der Waals surface area contributed by atoms with Crippen molar-refractivity contribution in [3.05, 3.63) is 18.7 Å². The van der Waals surface area contributed by atoms with Crippen LogP contribution in [0.25, 0.3) is 0 Å². The van der Waals surface area contributed by atoms with Crippen molar-refractivity contribution in [2.24, 2.45) is 11.8 Å². The first-order valence-corrected chi connectivity index (χ1v) is 6.45. The van der Waals surface area contributed by atoms with Gasteiger partial charge in [-0.05, 0) is 31.1 Å². The Morgan fingerprint density at radius 1 is 1.38 bits per heavy atom. The van der Waals surface area contributed by atoms with E-state index in [1.807, 2.05) is 18.7 Å². The molecule has 2 rings (SSSR count). The van der Waals surface area contributed by atoms with Crippen LogP contribution < -0.4 is 5.32 Å². The standard InChI is InChI=1S/C13H23N3/c1-11-3-4-13(12(2)9-11)15-6-8-16-7-5-14-10-16/h5,7,10-13,15H,3-4,6,8-9H2,1-2H3. The highest BCUT2D eigenvalue weighted by Crippen LogP contribution is 2.28. The highest BCUT2D eigenvalue weighted by atomic mass is 15.0.